The third-order valence-electron chi connectivity index (χ3n) is 2.36. The van der Waals surface area contributed by atoms with E-state index in [1.807, 2.05) is 27.7 Å². The fraction of sp³-hybridized carbons (Fsp3) is 0.500. The maximum atomic E-state index is 13.7. The van der Waals surface area contributed by atoms with Crippen LogP contribution in [0.15, 0.2) is 18.2 Å². The number of amides is 1. The van der Waals surface area contributed by atoms with Crippen LogP contribution in [0.3, 0.4) is 0 Å². The molecule has 3 heteroatoms. The molecule has 1 aromatic carbocycles. The van der Waals surface area contributed by atoms with Crippen LogP contribution in [-0.2, 0) is 6.42 Å². The van der Waals surface area contributed by atoms with E-state index in [0.29, 0.717) is 23.5 Å². The highest BCUT2D eigenvalue weighted by Crippen LogP contribution is 2.14. The number of benzene rings is 1. The normalized spacial score (nSPS) is 11.0. The Morgan fingerprint density at radius 1 is 1.29 bits per heavy atom. The van der Waals surface area contributed by atoms with Gasteiger partial charge in [-0.15, -0.1) is 0 Å². The molecule has 0 spiro atoms. The lowest BCUT2D eigenvalue weighted by molar-refractivity contribution is 0.0942. The molecule has 0 atom stereocenters. The van der Waals surface area contributed by atoms with Crippen LogP contribution in [-0.4, -0.2) is 11.9 Å². The van der Waals surface area contributed by atoms with Gasteiger partial charge in [0.2, 0.25) is 0 Å². The minimum Gasteiger partial charge on any atom is -0.350 e. The Labute approximate surface area is 102 Å². The first-order chi connectivity index (χ1) is 7.90. The fourth-order valence-corrected chi connectivity index (χ4v) is 1.64. The van der Waals surface area contributed by atoms with E-state index >= 15 is 0 Å². The number of nitrogens with one attached hydrogen (secondary N) is 1. The quantitative estimate of drug-likeness (QED) is 0.856. The summed E-state index contributed by atoms with van der Waals surface area (Å²) in [4.78, 5) is 11.7. The van der Waals surface area contributed by atoms with Crippen molar-refractivity contribution >= 4 is 5.91 Å². The van der Waals surface area contributed by atoms with Crippen molar-refractivity contribution in [2.24, 2.45) is 5.92 Å². The number of halogens is 1. The summed E-state index contributed by atoms with van der Waals surface area (Å²) in [5.41, 5.74) is 1.05. The predicted molar refractivity (Wildman–Crippen MR) is 67.5 cm³/mol. The third-order valence-corrected chi connectivity index (χ3v) is 2.36. The molecule has 1 rings (SSSR count). The molecule has 1 N–H and O–H groups in total. The maximum absolute atomic E-state index is 13.7. The standard InChI is InChI=1S/C14H20FNO/c1-9(2)7-11-5-6-12(8-13(11)15)14(17)16-10(3)4/h5-6,8-10H,7H2,1-4H3,(H,16,17). The summed E-state index contributed by atoms with van der Waals surface area (Å²) in [5, 5.41) is 2.74. The molecule has 1 amide bonds. The summed E-state index contributed by atoms with van der Waals surface area (Å²) in [5.74, 6) is -0.120. The molecule has 2 nitrogen and oxygen atoms in total. The van der Waals surface area contributed by atoms with Crippen LogP contribution < -0.4 is 5.32 Å². The van der Waals surface area contributed by atoms with Crippen LogP contribution in [0.4, 0.5) is 4.39 Å². The first-order valence-electron chi connectivity index (χ1n) is 5.99. The first kappa shape index (κ1) is 13.7. The fourth-order valence-electron chi connectivity index (χ4n) is 1.64. The second kappa shape index (κ2) is 5.80. The molecule has 0 aromatic heterocycles. The van der Waals surface area contributed by atoms with Crippen molar-refractivity contribution in [1.82, 2.24) is 5.32 Å². The molecule has 94 valence electrons. The molecule has 0 aliphatic heterocycles. The summed E-state index contributed by atoms with van der Waals surface area (Å²) < 4.78 is 13.7. The van der Waals surface area contributed by atoms with Crippen LogP contribution in [0.1, 0.15) is 43.6 Å². The van der Waals surface area contributed by atoms with E-state index in [1.165, 1.54) is 6.07 Å². The average molecular weight is 237 g/mol. The molecule has 0 saturated heterocycles. The highest BCUT2D eigenvalue weighted by molar-refractivity contribution is 5.94. The van der Waals surface area contributed by atoms with Crippen LogP contribution in [0, 0.1) is 11.7 Å². The van der Waals surface area contributed by atoms with Crippen molar-refractivity contribution in [3.05, 3.63) is 35.1 Å². The monoisotopic (exact) mass is 237 g/mol. The Kier molecular flexibility index (Phi) is 4.67. The Bertz CT molecular complexity index is 399. The zero-order valence-corrected chi connectivity index (χ0v) is 10.9. The van der Waals surface area contributed by atoms with E-state index in [4.69, 9.17) is 0 Å². The van der Waals surface area contributed by atoms with Crippen LogP contribution in [0.2, 0.25) is 0 Å². The molecule has 0 aliphatic rings. The molecule has 0 bridgehead atoms. The number of carbonyl (C=O) groups is 1. The Morgan fingerprint density at radius 2 is 1.94 bits per heavy atom. The van der Waals surface area contributed by atoms with Gasteiger partial charge >= 0.3 is 0 Å². The van der Waals surface area contributed by atoms with Gasteiger partial charge in [0.05, 0.1) is 0 Å². The van der Waals surface area contributed by atoms with E-state index < -0.39 is 0 Å². The van der Waals surface area contributed by atoms with Gasteiger partial charge in [-0.05, 0) is 43.9 Å². The van der Waals surface area contributed by atoms with Gasteiger partial charge in [-0.1, -0.05) is 19.9 Å². The predicted octanol–water partition coefficient (Wildman–Crippen LogP) is 3.16. The average Bonchev–Trinajstić information content (AvgIpc) is 2.19. The van der Waals surface area contributed by atoms with Gasteiger partial charge in [0.15, 0.2) is 0 Å². The first-order valence-corrected chi connectivity index (χ1v) is 5.99. The number of hydrogen-bond acceptors (Lipinski definition) is 1. The van der Waals surface area contributed by atoms with E-state index in [9.17, 15) is 9.18 Å². The lowest BCUT2D eigenvalue weighted by Crippen LogP contribution is -2.30. The maximum Gasteiger partial charge on any atom is 0.251 e. The molecule has 0 heterocycles. The highest BCUT2D eigenvalue weighted by Gasteiger charge is 2.11. The van der Waals surface area contributed by atoms with Crippen LogP contribution >= 0.6 is 0 Å². The molecule has 1 aromatic rings. The smallest absolute Gasteiger partial charge is 0.251 e. The largest absolute Gasteiger partial charge is 0.350 e. The molecular weight excluding hydrogens is 217 g/mol. The van der Waals surface area contributed by atoms with Gasteiger partial charge in [0.25, 0.3) is 5.91 Å². The number of rotatable bonds is 4. The van der Waals surface area contributed by atoms with Crippen molar-refractivity contribution in [1.29, 1.82) is 0 Å². The topological polar surface area (TPSA) is 29.1 Å². The summed E-state index contributed by atoms with van der Waals surface area (Å²) in [6.45, 7) is 7.83. The van der Waals surface area contributed by atoms with Gasteiger partial charge in [-0.25, -0.2) is 4.39 Å². The molecule has 0 fully saturated rings. The summed E-state index contributed by atoms with van der Waals surface area (Å²) >= 11 is 0. The third kappa shape index (κ3) is 4.17. The number of carbonyl (C=O) groups excluding carboxylic acids is 1. The molecule has 0 saturated carbocycles. The van der Waals surface area contributed by atoms with E-state index in [-0.39, 0.29) is 17.8 Å². The van der Waals surface area contributed by atoms with E-state index in [2.05, 4.69) is 5.32 Å². The SMILES string of the molecule is CC(C)Cc1ccc(C(=O)NC(C)C)cc1F. The summed E-state index contributed by atoms with van der Waals surface area (Å²) in [6.07, 6.45) is 0.692. The molecule has 0 radical (unpaired) electrons. The molecular formula is C14H20FNO. The van der Waals surface area contributed by atoms with Crippen molar-refractivity contribution in [3.8, 4) is 0 Å². The van der Waals surface area contributed by atoms with Gasteiger partial charge in [0, 0.05) is 11.6 Å². The van der Waals surface area contributed by atoms with E-state index in [0.717, 1.165) is 0 Å². The highest BCUT2D eigenvalue weighted by atomic mass is 19.1. The van der Waals surface area contributed by atoms with Gasteiger partial charge in [-0.2, -0.15) is 0 Å². The minimum atomic E-state index is -0.296. The second-order valence-electron chi connectivity index (χ2n) is 5.03. The minimum absolute atomic E-state index is 0.0564. The Balaban J connectivity index is 2.85. The van der Waals surface area contributed by atoms with Gasteiger partial charge in [-0.3, -0.25) is 4.79 Å². The molecule has 0 aliphatic carbocycles. The lowest BCUT2D eigenvalue weighted by Gasteiger charge is -2.10. The van der Waals surface area contributed by atoms with Crippen molar-refractivity contribution in [2.75, 3.05) is 0 Å². The van der Waals surface area contributed by atoms with Crippen molar-refractivity contribution < 1.29 is 9.18 Å². The van der Waals surface area contributed by atoms with Crippen LogP contribution in [0.25, 0.3) is 0 Å². The van der Waals surface area contributed by atoms with E-state index in [1.54, 1.807) is 12.1 Å². The molecule has 0 unspecified atom stereocenters. The Hall–Kier alpha value is -1.38. The zero-order chi connectivity index (χ0) is 13.0. The van der Waals surface area contributed by atoms with Crippen molar-refractivity contribution in [2.45, 2.75) is 40.2 Å². The van der Waals surface area contributed by atoms with Crippen molar-refractivity contribution in [3.63, 3.8) is 0 Å². The zero-order valence-electron chi connectivity index (χ0n) is 10.9. The lowest BCUT2D eigenvalue weighted by atomic mass is 10.0. The number of hydrogen-bond donors (Lipinski definition) is 1. The summed E-state index contributed by atoms with van der Waals surface area (Å²) in [7, 11) is 0. The summed E-state index contributed by atoms with van der Waals surface area (Å²) in [6, 6.07) is 4.75. The van der Waals surface area contributed by atoms with Gasteiger partial charge < -0.3 is 5.32 Å². The Morgan fingerprint density at radius 3 is 2.41 bits per heavy atom. The van der Waals surface area contributed by atoms with Gasteiger partial charge in [0.1, 0.15) is 5.82 Å². The van der Waals surface area contributed by atoms with Crippen LogP contribution in [0.5, 0.6) is 0 Å². The molecule has 17 heavy (non-hydrogen) atoms. The second-order valence-corrected chi connectivity index (χ2v) is 5.03.